The Bertz CT molecular complexity index is 284. The number of ether oxygens (including phenoxy) is 1. The third-order valence-electron chi connectivity index (χ3n) is 1.39. The zero-order valence-corrected chi connectivity index (χ0v) is 7.51. The number of nitrogens with one attached hydrogen (secondary N) is 1. The quantitative estimate of drug-likeness (QED) is 0.761. The zero-order valence-electron chi connectivity index (χ0n) is 7.51. The normalized spacial score (nSPS) is 11.7. The van der Waals surface area contributed by atoms with Crippen LogP contribution in [0.4, 0.5) is 19.0 Å². The van der Waals surface area contributed by atoms with Gasteiger partial charge in [-0.15, -0.1) is 13.2 Å². The van der Waals surface area contributed by atoms with Gasteiger partial charge in [0.25, 0.3) is 0 Å². The van der Waals surface area contributed by atoms with Crippen LogP contribution in [0.1, 0.15) is 0 Å². The summed E-state index contributed by atoms with van der Waals surface area (Å²) in [6.07, 6.45) is -2.88. The number of nitrogens with zero attached hydrogens (tertiary/aromatic N) is 2. The van der Waals surface area contributed by atoms with Crippen molar-refractivity contribution in [1.29, 1.82) is 0 Å². The third-order valence-corrected chi connectivity index (χ3v) is 1.39. The van der Waals surface area contributed by atoms with E-state index in [1.165, 1.54) is 0 Å². The molecule has 0 aromatic carbocycles. The molecule has 0 amide bonds. The van der Waals surface area contributed by atoms with Crippen molar-refractivity contribution in [3.63, 3.8) is 0 Å². The van der Waals surface area contributed by atoms with E-state index in [-0.39, 0.29) is 6.54 Å². The number of alkyl halides is 3. The Kier molecular flexibility index (Phi) is 3.34. The van der Waals surface area contributed by atoms with Crippen molar-refractivity contribution in [2.75, 3.05) is 18.5 Å². The second-order valence-corrected chi connectivity index (χ2v) is 2.60. The fourth-order valence-corrected chi connectivity index (χ4v) is 0.855. The number of hydrogen-bond acceptors (Lipinski definition) is 3. The van der Waals surface area contributed by atoms with Crippen molar-refractivity contribution in [1.82, 2.24) is 9.78 Å². The molecule has 4 nitrogen and oxygen atoms in total. The summed E-state index contributed by atoms with van der Waals surface area (Å²) in [5.41, 5.74) is 0. The number of rotatable bonds is 4. The summed E-state index contributed by atoms with van der Waals surface area (Å²) < 4.78 is 39.7. The first-order valence-electron chi connectivity index (χ1n) is 3.91. The lowest BCUT2D eigenvalue weighted by Gasteiger charge is -2.07. The van der Waals surface area contributed by atoms with Crippen molar-refractivity contribution in [3.8, 4) is 0 Å². The Morgan fingerprint density at radius 2 is 2.29 bits per heavy atom. The lowest BCUT2D eigenvalue weighted by atomic mass is 10.6. The molecular formula is C7H10F3N3O. The van der Waals surface area contributed by atoms with Gasteiger partial charge in [0.1, 0.15) is 5.82 Å². The van der Waals surface area contributed by atoms with Crippen LogP contribution in [0.25, 0.3) is 0 Å². The van der Waals surface area contributed by atoms with Crippen LogP contribution in [0.2, 0.25) is 0 Å². The van der Waals surface area contributed by atoms with E-state index in [4.69, 9.17) is 0 Å². The van der Waals surface area contributed by atoms with Crippen molar-refractivity contribution in [2.24, 2.45) is 7.05 Å². The van der Waals surface area contributed by atoms with Gasteiger partial charge in [-0.1, -0.05) is 0 Å². The summed E-state index contributed by atoms with van der Waals surface area (Å²) in [6, 6.07) is 1.66. The predicted molar refractivity (Wildman–Crippen MR) is 43.7 cm³/mol. The highest BCUT2D eigenvalue weighted by molar-refractivity contribution is 5.31. The molecule has 0 bridgehead atoms. The molecule has 1 heterocycles. The molecule has 1 rings (SSSR count). The minimum Gasteiger partial charge on any atom is -0.366 e. The molecule has 1 aromatic rings. The summed E-state index contributed by atoms with van der Waals surface area (Å²) in [7, 11) is 1.72. The van der Waals surface area contributed by atoms with E-state index in [2.05, 4.69) is 15.2 Å². The number of anilines is 1. The third kappa shape index (κ3) is 4.13. The van der Waals surface area contributed by atoms with Gasteiger partial charge in [0.05, 0.1) is 6.61 Å². The maximum atomic E-state index is 11.5. The molecule has 1 aromatic heterocycles. The van der Waals surface area contributed by atoms with Gasteiger partial charge in [-0.05, 0) is 0 Å². The van der Waals surface area contributed by atoms with Gasteiger partial charge in [-0.2, -0.15) is 5.10 Å². The molecule has 0 unspecified atom stereocenters. The molecule has 0 radical (unpaired) electrons. The highest BCUT2D eigenvalue weighted by Crippen LogP contribution is 2.15. The Hall–Kier alpha value is -1.24. The molecule has 0 aliphatic heterocycles. The predicted octanol–water partition coefficient (Wildman–Crippen LogP) is 1.37. The highest BCUT2D eigenvalue weighted by atomic mass is 19.4. The van der Waals surface area contributed by atoms with Gasteiger partial charge in [-0.3, -0.25) is 9.42 Å². The van der Waals surface area contributed by atoms with Crippen LogP contribution in [0.15, 0.2) is 12.3 Å². The number of aromatic nitrogens is 2. The van der Waals surface area contributed by atoms with E-state index in [9.17, 15) is 13.2 Å². The number of halogens is 3. The molecule has 0 saturated carbocycles. The first-order valence-corrected chi connectivity index (χ1v) is 3.91. The minimum absolute atomic E-state index is 0.0660. The van der Waals surface area contributed by atoms with Gasteiger partial charge in [0.15, 0.2) is 0 Å². The van der Waals surface area contributed by atoms with Crippen LogP contribution < -0.4 is 5.32 Å². The van der Waals surface area contributed by atoms with Gasteiger partial charge in [0, 0.05) is 25.9 Å². The van der Waals surface area contributed by atoms with E-state index in [0.29, 0.717) is 5.82 Å². The van der Waals surface area contributed by atoms with E-state index < -0.39 is 13.0 Å². The van der Waals surface area contributed by atoms with Gasteiger partial charge in [-0.25, -0.2) is 0 Å². The standard InChI is InChI=1S/C7H10F3N3O/c1-13-4-2-6(12-13)11-3-5-14-7(8,9)10/h2,4H,3,5H2,1H3,(H,11,12). The molecule has 0 saturated heterocycles. The monoisotopic (exact) mass is 209 g/mol. The maximum absolute atomic E-state index is 11.5. The van der Waals surface area contributed by atoms with Crippen LogP contribution in [0, 0.1) is 0 Å². The summed E-state index contributed by atoms with van der Waals surface area (Å²) >= 11 is 0. The second-order valence-electron chi connectivity index (χ2n) is 2.60. The van der Waals surface area contributed by atoms with Crippen molar-refractivity contribution in [2.45, 2.75) is 6.36 Å². The average molecular weight is 209 g/mol. The van der Waals surface area contributed by atoms with E-state index in [1.54, 1.807) is 24.0 Å². The molecule has 0 aliphatic carbocycles. The Morgan fingerprint density at radius 1 is 1.57 bits per heavy atom. The highest BCUT2D eigenvalue weighted by Gasteiger charge is 2.28. The Morgan fingerprint density at radius 3 is 2.79 bits per heavy atom. The van der Waals surface area contributed by atoms with Crippen molar-refractivity contribution in [3.05, 3.63) is 12.3 Å². The first kappa shape index (κ1) is 10.8. The Balaban J connectivity index is 2.16. The van der Waals surface area contributed by atoms with E-state index in [1.807, 2.05) is 0 Å². The van der Waals surface area contributed by atoms with Crippen LogP contribution in [-0.4, -0.2) is 29.3 Å². The topological polar surface area (TPSA) is 39.1 Å². The van der Waals surface area contributed by atoms with Crippen LogP contribution in [0.5, 0.6) is 0 Å². The fraction of sp³-hybridized carbons (Fsp3) is 0.571. The van der Waals surface area contributed by atoms with Crippen LogP contribution in [0.3, 0.4) is 0 Å². The molecule has 14 heavy (non-hydrogen) atoms. The molecule has 0 atom stereocenters. The molecule has 7 heteroatoms. The minimum atomic E-state index is -4.56. The molecule has 0 aliphatic rings. The largest absolute Gasteiger partial charge is 0.522 e. The lowest BCUT2D eigenvalue weighted by molar-refractivity contribution is -0.322. The van der Waals surface area contributed by atoms with E-state index in [0.717, 1.165) is 0 Å². The summed E-state index contributed by atoms with van der Waals surface area (Å²) in [5, 5.41) is 6.59. The maximum Gasteiger partial charge on any atom is 0.522 e. The van der Waals surface area contributed by atoms with Gasteiger partial charge in [0.2, 0.25) is 0 Å². The van der Waals surface area contributed by atoms with Crippen LogP contribution in [-0.2, 0) is 11.8 Å². The zero-order chi connectivity index (χ0) is 10.6. The molecule has 1 N–H and O–H groups in total. The summed E-state index contributed by atoms with van der Waals surface area (Å²) in [4.78, 5) is 0. The van der Waals surface area contributed by atoms with E-state index >= 15 is 0 Å². The second kappa shape index (κ2) is 4.32. The number of hydrogen-bond donors (Lipinski definition) is 1. The lowest BCUT2D eigenvalue weighted by Crippen LogP contribution is -2.19. The van der Waals surface area contributed by atoms with Crippen molar-refractivity contribution >= 4 is 5.82 Å². The molecule has 0 spiro atoms. The van der Waals surface area contributed by atoms with Gasteiger partial charge >= 0.3 is 6.36 Å². The molecule has 80 valence electrons. The summed E-state index contributed by atoms with van der Waals surface area (Å²) in [5.74, 6) is 0.526. The Labute approximate surface area is 78.7 Å². The average Bonchev–Trinajstić information content (AvgIpc) is 2.44. The first-order chi connectivity index (χ1) is 6.47. The van der Waals surface area contributed by atoms with Crippen molar-refractivity contribution < 1.29 is 17.9 Å². The SMILES string of the molecule is Cn1ccc(NCCOC(F)(F)F)n1. The molecule has 0 fully saturated rings. The van der Waals surface area contributed by atoms with Gasteiger partial charge < -0.3 is 5.32 Å². The van der Waals surface area contributed by atoms with Crippen LogP contribution >= 0.6 is 0 Å². The fourth-order valence-electron chi connectivity index (χ4n) is 0.855. The molecular weight excluding hydrogens is 199 g/mol. The summed E-state index contributed by atoms with van der Waals surface area (Å²) in [6.45, 7) is -0.364. The smallest absolute Gasteiger partial charge is 0.366 e. The number of aryl methyl sites for hydroxylation is 1.